The fourth-order valence-corrected chi connectivity index (χ4v) is 2.77. The van der Waals surface area contributed by atoms with Gasteiger partial charge in [-0.25, -0.2) is 4.98 Å². The first-order valence-electron chi connectivity index (χ1n) is 6.24. The molecule has 2 heterocycles. The molecule has 1 aromatic rings. The van der Waals surface area contributed by atoms with Gasteiger partial charge in [-0.05, 0) is 25.5 Å². The smallest absolute Gasteiger partial charge is 0.323 e. The number of ether oxygens (including phenoxy) is 1. The number of halogens is 2. The maximum Gasteiger partial charge on any atom is 0.323 e. The van der Waals surface area contributed by atoms with Gasteiger partial charge < -0.3 is 4.74 Å². The van der Waals surface area contributed by atoms with Crippen LogP contribution in [-0.2, 0) is 16.1 Å². The molecule has 0 aliphatic carbocycles. The number of hydrogen-bond donors (Lipinski definition) is 0. The van der Waals surface area contributed by atoms with Gasteiger partial charge in [0.05, 0.1) is 7.11 Å². The zero-order valence-corrected chi connectivity index (χ0v) is 12.2. The van der Waals surface area contributed by atoms with E-state index in [1.165, 1.54) is 7.11 Å². The highest BCUT2D eigenvalue weighted by Gasteiger charge is 2.29. The number of piperidine rings is 1. The van der Waals surface area contributed by atoms with Gasteiger partial charge in [0.15, 0.2) is 0 Å². The van der Waals surface area contributed by atoms with Gasteiger partial charge >= 0.3 is 5.97 Å². The van der Waals surface area contributed by atoms with Gasteiger partial charge in [-0.3, -0.25) is 9.69 Å². The van der Waals surface area contributed by atoms with Gasteiger partial charge in [-0.2, -0.15) is 0 Å². The number of likely N-dealkylation sites (tertiary alicyclic amines) is 1. The van der Waals surface area contributed by atoms with Gasteiger partial charge in [0.2, 0.25) is 0 Å². The second-order valence-electron chi connectivity index (χ2n) is 4.59. The van der Waals surface area contributed by atoms with E-state index in [-0.39, 0.29) is 12.0 Å². The summed E-state index contributed by atoms with van der Waals surface area (Å²) in [6.45, 7) is 1.45. The van der Waals surface area contributed by atoms with Crippen molar-refractivity contribution in [2.24, 2.45) is 0 Å². The van der Waals surface area contributed by atoms with Crippen molar-refractivity contribution in [2.75, 3.05) is 13.7 Å². The summed E-state index contributed by atoms with van der Waals surface area (Å²) in [5.74, 6) is -0.183. The van der Waals surface area contributed by atoms with Crippen molar-refractivity contribution in [3.8, 4) is 0 Å². The third-order valence-corrected chi connectivity index (χ3v) is 3.89. The van der Waals surface area contributed by atoms with Crippen molar-refractivity contribution in [1.29, 1.82) is 0 Å². The summed E-state index contributed by atoms with van der Waals surface area (Å²) in [5.41, 5.74) is 0.877. The van der Waals surface area contributed by atoms with Crippen molar-refractivity contribution in [1.82, 2.24) is 9.88 Å². The van der Waals surface area contributed by atoms with Gasteiger partial charge in [-0.1, -0.05) is 35.7 Å². The molecule has 19 heavy (non-hydrogen) atoms. The van der Waals surface area contributed by atoms with Gasteiger partial charge in [-0.15, -0.1) is 0 Å². The van der Waals surface area contributed by atoms with E-state index < -0.39 is 0 Å². The van der Waals surface area contributed by atoms with Crippen molar-refractivity contribution >= 4 is 29.2 Å². The van der Waals surface area contributed by atoms with Crippen LogP contribution in [0.1, 0.15) is 24.8 Å². The van der Waals surface area contributed by atoms with Crippen molar-refractivity contribution in [2.45, 2.75) is 31.8 Å². The maximum atomic E-state index is 11.8. The zero-order valence-electron chi connectivity index (χ0n) is 10.7. The minimum Gasteiger partial charge on any atom is -0.468 e. The predicted octanol–water partition coefficient (Wildman–Crippen LogP) is 2.92. The summed E-state index contributed by atoms with van der Waals surface area (Å²) in [6, 6.07) is 3.37. The van der Waals surface area contributed by atoms with Crippen LogP contribution in [0.3, 0.4) is 0 Å². The lowest BCUT2D eigenvalue weighted by atomic mass is 10.0. The Morgan fingerprint density at radius 1 is 1.47 bits per heavy atom. The highest BCUT2D eigenvalue weighted by Crippen LogP contribution is 2.24. The maximum absolute atomic E-state index is 11.8. The lowest BCUT2D eigenvalue weighted by molar-refractivity contribution is -0.148. The Hall–Kier alpha value is -0.840. The molecule has 0 spiro atoms. The van der Waals surface area contributed by atoms with Crippen LogP contribution in [-0.4, -0.2) is 35.5 Å². The largest absolute Gasteiger partial charge is 0.468 e. The Labute approximate surface area is 122 Å². The second kappa shape index (κ2) is 6.55. The molecule has 1 unspecified atom stereocenters. The topological polar surface area (TPSA) is 42.4 Å². The van der Waals surface area contributed by atoms with E-state index in [1.54, 1.807) is 6.07 Å². The average Bonchev–Trinajstić information content (AvgIpc) is 2.41. The highest BCUT2D eigenvalue weighted by molar-refractivity contribution is 6.32. The molecular formula is C13H16Cl2N2O2. The summed E-state index contributed by atoms with van der Waals surface area (Å²) >= 11 is 11.8. The first-order chi connectivity index (χ1) is 9.11. The summed E-state index contributed by atoms with van der Waals surface area (Å²) in [6.07, 6.45) is 2.94. The molecule has 2 rings (SSSR count). The third kappa shape index (κ3) is 3.59. The molecule has 1 saturated heterocycles. The summed E-state index contributed by atoms with van der Waals surface area (Å²) in [5, 5.41) is 0.763. The van der Waals surface area contributed by atoms with Crippen LogP contribution in [0, 0.1) is 0 Å². The zero-order chi connectivity index (χ0) is 13.8. The van der Waals surface area contributed by atoms with E-state index in [4.69, 9.17) is 27.9 Å². The number of methoxy groups -OCH3 is 1. The van der Waals surface area contributed by atoms with Crippen LogP contribution in [0.2, 0.25) is 10.3 Å². The SMILES string of the molecule is COC(=O)C1CCCCN1Cc1ccc(Cl)nc1Cl. The van der Waals surface area contributed by atoms with Gasteiger partial charge in [0.25, 0.3) is 0 Å². The first-order valence-corrected chi connectivity index (χ1v) is 7.00. The fraction of sp³-hybridized carbons (Fsp3) is 0.538. The molecule has 0 amide bonds. The number of carbonyl (C=O) groups excluding carboxylic acids is 1. The molecule has 104 valence electrons. The summed E-state index contributed by atoms with van der Waals surface area (Å²) in [7, 11) is 1.42. The second-order valence-corrected chi connectivity index (χ2v) is 5.33. The molecule has 0 radical (unpaired) electrons. The molecule has 1 fully saturated rings. The molecule has 1 aliphatic heterocycles. The van der Waals surface area contributed by atoms with Crippen LogP contribution in [0.5, 0.6) is 0 Å². The van der Waals surface area contributed by atoms with E-state index in [1.807, 2.05) is 6.07 Å². The number of pyridine rings is 1. The number of aromatic nitrogens is 1. The average molecular weight is 303 g/mol. The monoisotopic (exact) mass is 302 g/mol. The Bertz CT molecular complexity index is 468. The van der Waals surface area contributed by atoms with Crippen LogP contribution in [0.15, 0.2) is 12.1 Å². The lowest BCUT2D eigenvalue weighted by Crippen LogP contribution is -2.44. The van der Waals surface area contributed by atoms with Crippen molar-refractivity contribution in [3.05, 3.63) is 28.0 Å². The number of hydrogen-bond acceptors (Lipinski definition) is 4. The van der Waals surface area contributed by atoms with Crippen molar-refractivity contribution in [3.63, 3.8) is 0 Å². The third-order valence-electron chi connectivity index (χ3n) is 3.35. The first kappa shape index (κ1) is 14.6. The van der Waals surface area contributed by atoms with Crippen LogP contribution in [0.4, 0.5) is 0 Å². The molecule has 6 heteroatoms. The molecule has 4 nitrogen and oxygen atoms in total. The highest BCUT2D eigenvalue weighted by atomic mass is 35.5. The van der Waals surface area contributed by atoms with E-state index in [2.05, 4.69) is 9.88 Å². The minimum atomic E-state index is -0.189. The van der Waals surface area contributed by atoms with E-state index in [9.17, 15) is 4.79 Å². The van der Waals surface area contributed by atoms with E-state index in [0.717, 1.165) is 31.4 Å². The molecule has 0 saturated carbocycles. The molecule has 1 atom stereocenters. The normalized spacial score (nSPS) is 20.3. The fourth-order valence-electron chi connectivity index (χ4n) is 2.36. The lowest BCUT2D eigenvalue weighted by Gasteiger charge is -2.33. The summed E-state index contributed by atoms with van der Waals surface area (Å²) < 4.78 is 4.86. The molecular weight excluding hydrogens is 287 g/mol. The number of nitrogens with zero attached hydrogens (tertiary/aromatic N) is 2. The van der Waals surface area contributed by atoms with Crippen LogP contribution < -0.4 is 0 Å². The molecule has 0 N–H and O–H groups in total. The van der Waals surface area contributed by atoms with Crippen LogP contribution >= 0.6 is 23.2 Å². The van der Waals surface area contributed by atoms with E-state index in [0.29, 0.717) is 16.9 Å². The molecule has 1 aliphatic rings. The van der Waals surface area contributed by atoms with Gasteiger partial charge in [0.1, 0.15) is 16.3 Å². The number of carbonyl (C=O) groups is 1. The van der Waals surface area contributed by atoms with E-state index >= 15 is 0 Å². The molecule has 1 aromatic heterocycles. The Balaban J connectivity index is 2.13. The number of rotatable bonds is 3. The standard InChI is InChI=1S/C13H16Cl2N2O2/c1-19-13(18)10-4-2-3-7-17(10)8-9-5-6-11(14)16-12(9)15/h5-6,10H,2-4,7-8H2,1H3. The Morgan fingerprint density at radius 2 is 2.26 bits per heavy atom. The minimum absolute atomic E-state index is 0.183. The Kier molecular flexibility index (Phi) is 5.02. The van der Waals surface area contributed by atoms with Gasteiger partial charge in [0, 0.05) is 12.1 Å². The number of esters is 1. The molecule has 0 bridgehead atoms. The quantitative estimate of drug-likeness (QED) is 0.636. The predicted molar refractivity (Wildman–Crippen MR) is 74.3 cm³/mol. The van der Waals surface area contributed by atoms with Crippen molar-refractivity contribution < 1.29 is 9.53 Å². The van der Waals surface area contributed by atoms with Crippen LogP contribution in [0.25, 0.3) is 0 Å². The Morgan fingerprint density at radius 3 is 2.95 bits per heavy atom. The summed E-state index contributed by atoms with van der Waals surface area (Å²) in [4.78, 5) is 17.9. The molecule has 0 aromatic carbocycles.